The number of hydrogen-bond acceptors (Lipinski definition) is 5. The van der Waals surface area contributed by atoms with Crippen molar-refractivity contribution in [1.29, 1.82) is 0 Å². The fourth-order valence-electron chi connectivity index (χ4n) is 5.82. The van der Waals surface area contributed by atoms with E-state index in [9.17, 15) is 4.79 Å². The Bertz CT molecular complexity index is 1240. The highest BCUT2D eigenvalue weighted by Gasteiger charge is 2.25. The lowest BCUT2D eigenvalue weighted by Crippen LogP contribution is -2.37. The molecule has 0 spiro atoms. The standard InChI is InChI=1S/C33H40N2O4/c1-35-19-17-29(18-20-35)39-28-14-9-24(10-15-28)23-7-12-27(13-8-23)34-33(36)26-11-16-32(38-3)31(22-26)25-5-4-6-30(21-25)37-2/h4-6,9-11,14-16,21-23,27,29H,7-8,12-13,17-20H2,1-3H3,(H,34,36). The average Bonchev–Trinajstić information content (AvgIpc) is 2.99. The predicted octanol–water partition coefficient (Wildman–Crippen LogP) is 6.30. The van der Waals surface area contributed by atoms with Crippen LogP contribution in [0.2, 0.25) is 0 Å². The Kier molecular flexibility index (Phi) is 8.72. The van der Waals surface area contributed by atoms with Crippen LogP contribution in [0, 0.1) is 0 Å². The van der Waals surface area contributed by atoms with Gasteiger partial charge >= 0.3 is 0 Å². The van der Waals surface area contributed by atoms with Gasteiger partial charge in [0, 0.05) is 30.3 Å². The summed E-state index contributed by atoms with van der Waals surface area (Å²) in [5, 5.41) is 3.28. The van der Waals surface area contributed by atoms with E-state index in [4.69, 9.17) is 14.2 Å². The molecule has 6 heteroatoms. The second-order valence-corrected chi connectivity index (χ2v) is 10.9. The molecule has 3 aromatic rings. The van der Waals surface area contributed by atoms with Crippen LogP contribution in [0.3, 0.4) is 0 Å². The van der Waals surface area contributed by atoms with Gasteiger partial charge < -0.3 is 24.4 Å². The molecule has 6 nitrogen and oxygen atoms in total. The van der Waals surface area contributed by atoms with E-state index in [-0.39, 0.29) is 11.9 Å². The highest BCUT2D eigenvalue weighted by Crippen LogP contribution is 2.35. The zero-order valence-corrected chi connectivity index (χ0v) is 23.3. The number of nitrogens with zero attached hydrogens (tertiary/aromatic N) is 1. The molecule has 0 radical (unpaired) electrons. The fourth-order valence-corrected chi connectivity index (χ4v) is 5.82. The summed E-state index contributed by atoms with van der Waals surface area (Å²) in [6, 6.07) is 22.3. The molecular formula is C33H40N2O4. The average molecular weight is 529 g/mol. The van der Waals surface area contributed by atoms with Crippen LogP contribution in [0.25, 0.3) is 11.1 Å². The minimum atomic E-state index is -0.0411. The molecule has 1 N–H and O–H groups in total. The van der Waals surface area contributed by atoms with Crippen molar-refractivity contribution in [3.8, 4) is 28.4 Å². The molecular weight excluding hydrogens is 488 g/mol. The second kappa shape index (κ2) is 12.6. The Hall–Kier alpha value is -3.51. The van der Waals surface area contributed by atoms with Crippen LogP contribution < -0.4 is 19.5 Å². The van der Waals surface area contributed by atoms with E-state index in [2.05, 4.69) is 41.5 Å². The lowest BCUT2D eigenvalue weighted by molar-refractivity contribution is 0.0925. The van der Waals surface area contributed by atoms with Gasteiger partial charge in [0.15, 0.2) is 0 Å². The number of likely N-dealkylation sites (tertiary alicyclic amines) is 1. The molecule has 1 amide bonds. The summed E-state index contributed by atoms with van der Waals surface area (Å²) in [5.41, 5.74) is 3.82. The quantitative estimate of drug-likeness (QED) is 0.372. The first kappa shape index (κ1) is 27.1. The molecule has 1 aliphatic carbocycles. The van der Waals surface area contributed by atoms with Crippen molar-refractivity contribution in [1.82, 2.24) is 10.2 Å². The third-order valence-electron chi connectivity index (χ3n) is 8.22. The van der Waals surface area contributed by atoms with Gasteiger partial charge in [0.05, 0.1) is 14.2 Å². The van der Waals surface area contributed by atoms with Gasteiger partial charge in [-0.2, -0.15) is 0 Å². The number of ether oxygens (including phenoxy) is 3. The number of rotatable bonds is 8. The largest absolute Gasteiger partial charge is 0.497 e. The van der Waals surface area contributed by atoms with Crippen LogP contribution >= 0.6 is 0 Å². The number of amides is 1. The maximum atomic E-state index is 13.2. The first-order chi connectivity index (χ1) is 19.0. The van der Waals surface area contributed by atoms with E-state index in [1.807, 2.05) is 42.5 Å². The third-order valence-corrected chi connectivity index (χ3v) is 8.22. The van der Waals surface area contributed by atoms with Gasteiger partial charge in [-0.3, -0.25) is 4.79 Å². The smallest absolute Gasteiger partial charge is 0.251 e. The molecule has 0 aromatic heterocycles. The molecule has 0 bridgehead atoms. The molecule has 1 heterocycles. The number of piperidine rings is 1. The SMILES string of the molecule is COc1cccc(-c2cc(C(=O)NC3CCC(c4ccc(OC5CCN(C)CC5)cc4)CC3)ccc2OC)c1. The highest BCUT2D eigenvalue weighted by molar-refractivity contribution is 5.96. The van der Waals surface area contributed by atoms with Crippen LogP contribution in [0.4, 0.5) is 0 Å². The normalized spacial score (nSPS) is 20.3. The summed E-state index contributed by atoms with van der Waals surface area (Å²) < 4.78 is 17.2. The molecule has 39 heavy (non-hydrogen) atoms. The minimum absolute atomic E-state index is 0.0411. The zero-order chi connectivity index (χ0) is 27.2. The van der Waals surface area contributed by atoms with Crippen LogP contribution in [-0.4, -0.2) is 57.3 Å². The van der Waals surface area contributed by atoms with Crippen molar-refractivity contribution in [2.45, 2.75) is 56.6 Å². The molecule has 5 rings (SSSR count). The van der Waals surface area contributed by atoms with Gasteiger partial charge in [0.2, 0.25) is 0 Å². The molecule has 2 aliphatic rings. The van der Waals surface area contributed by atoms with Crippen molar-refractivity contribution in [3.05, 3.63) is 77.9 Å². The predicted molar refractivity (Wildman–Crippen MR) is 155 cm³/mol. The monoisotopic (exact) mass is 528 g/mol. The zero-order valence-electron chi connectivity index (χ0n) is 23.3. The molecule has 1 aliphatic heterocycles. The summed E-state index contributed by atoms with van der Waals surface area (Å²) in [5.74, 6) is 2.95. The topological polar surface area (TPSA) is 60.0 Å². The van der Waals surface area contributed by atoms with E-state index in [0.29, 0.717) is 17.6 Å². The van der Waals surface area contributed by atoms with Crippen molar-refractivity contribution >= 4 is 5.91 Å². The summed E-state index contributed by atoms with van der Waals surface area (Å²) in [7, 11) is 5.47. The number of nitrogens with one attached hydrogen (secondary N) is 1. The Morgan fingerprint density at radius 3 is 2.26 bits per heavy atom. The minimum Gasteiger partial charge on any atom is -0.497 e. The van der Waals surface area contributed by atoms with Crippen LogP contribution in [0.5, 0.6) is 17.2 Å². The maximum absolute atomic E-state index is 13.2. The lowest BCUT2D eigenvalue weighted by Gasteiger charge is -2.30. The second-order valence-electron chi connectivity index (χ2n) is 10.9. The van der Waals surface area contributed by atoms with Gasteiger partial charge in [-0.15, -0.1) is 0 Å². The van der Waals surface area contributed by atoms with Crippen molar-refractivity contribution in [2.24, 2.45) is 0 Å². The van der Waals surface area contributed by atoms with E-state index in [1.54, 1.807) is 14.2 Å². The Balaban J connectivity index is 1.16. The maximum Gasteiger partial charge on any atom is 0.251 e. The summed E-state index contributed by atoms with van der Waals surface area (Å²) >= 11 is 0. The van der Waals surface area contributed by atoms with Gasteiger partial charge in [-0.1, -0.05) is 24.3 Å². The van der Waals surface area contributed by atoms with Crippen LogP contribution in [-0.2, 0) is 0 Å². The molecule has 0 unspecified atom stereocenters. The van der Waals surface area contributed by atoms with E-state index in [0.717, 1.165) is 80.0 Å². The van der Waals surface area contributed by atoms with Crippen LogP contribution in [0.1, 0.15) is 60.4 Å². The summed E-state index contributed by atoms with van der Waals surface area (Å²) in [6.07, 6.45) is 6.59. The van der Waals surface area contributed by atoms with E-state index < -0.39 is 0 Å². The Morgan fingerprint density at radius 2 is 1.56 bits per heavy atom. The molecule has 2 fully saturated rings. The van der Waals surface area contributed by atoms with E-state index in [1.165, 1.54) is 5.56 Å². The summed E-state index contributed by atoms with van der Waals surface area (Å²) in [4.78, 5) is 15.6. The number of carbonyl (C=O) groups is 1. The summed E-state index contributed by atoms with van der Waals surface area (Å²) in [6.45, 7) is 2.20. The van der Waals surface area contributed by atoms with Gasteiger partial charge in [0.1, 0.15) is 23.4 Å². The molecule has 206 valence electrons. The number of hydrogen-bond donors (Lipinski definition) is 1. The van der Waals surface area contributed by atoms with Crippen molar-refractivity contribution in [3.63, 3.8) is 0 Å². The number of benzene rings is 3. The van der Waals surface area contributed by atoms with Crippen molar-refractivity contribution < 1.29 is 19.0 Å². The van der Waals surface area contributed by atoms with Crippen molar-refractivity contribution in [2.75, 3.05) is 34.4 Å². The molecule has 0 atom stereocenters. The molecule has 3 aromatic carbocycles. The van der Waals surface area contributed by atoms with Gasteiger partial charge in [-0.25, -0.2) is 0 Å². The first-order valence-corrected chi connectivity index (χ1v) is 14.1. The highest BCUT2D eigenvalue weighted by atomic mass is 16.5. The van der Waals surface area contributed by atoms with Gasteiger partial charge in [0.25, 0.3) is 5.91 Å². The fraction of sp³-hybridized carbons (Fsp3) is 0.424. The van der Waals surface area contributed by atoms with E-state index >= 15 is 0 Å². The third kappa shape index (κ3) is 6.74. The Morgan fingerprint density at radius 1 is 0.821 bits per heavy atom. The first-order valence-electron chi connectivity index (χ1n) is 14.1. The van der Waals surface area contributed by atoms with Gasteiger partial charge in [-0.05, 0) is 105 Å². The lowest BCUT2D eigenvalue weighted by atomic mass is 9.81. The Labute approximate surface area is 232 Å². The molecule has 1 saturated heterocycles. The van der Waals surface area contributed by atoms with Crippen LogP contribution in [0.15, 0.2) is 66.7 Å². The molecule has 1 saturated carbocycles. The number of carbonyl (C=O) groups excluding carboxylic acids is 1. The number of methoxy groups -OCH3 is 2.